The van der Waals surface area contributed by atoms with Crippen molar-refractivity contribution >= 4 is 33.4 Å². The van der Waals surface area contributed by atoms with Crippen LogP contribution in [-0.4, -0.2) is 34.7 Å². The van der Waals surface area contributed by atoms with Crippen molar-refractivity contribution in [2.24, 2.45) is 0 Å². The van der Waals surface area contributed by atoms with Gasteiger partial charge in [-0.25, -0.2) is 9.78 Å². The monoisotopic (exact) mass is 518 g/mol. The molecule has 4 nitrogen and oxygen atoms in total. The average molecular weight is 520 g/mol. The van der Waals surface area contributed by atoms with Crippen LogP contribution in [-0.2, 0) is 10.2 Å². The number of piperidine rings is 1. The third kappa shape index (κ3) is 5.56. The number of thiazole rings is 1. The fourth-order valence-corrected chi connectivity index (χ4v) is 5.98. The number of hydrogen-bond acceptors (Lipinski definition) is 4. The minimum Gasteiger partial charge on any atom is -0.444 e. The largest absolute Gasteiger partial charge is 0.444 e. The zero-order chi connectivity index (χ0) is 23.3. The van der Waals surface area contributed by atoms with Crippen LogP contribution in [0.25, 0.3) is 11.3 Å². The summed E-state index contributed by atoms with van der Waals surface area (Å²) in [5.74, 6) is 1.10. The van der Waals surface area contributed by atoms with Crippen molar-refractivity contribution in [2.45, 2.75) is 90.1 Å². The number of rotatable bonds is 3. The lowest BCUT2D eigenvalue weighted by atomic mass is 9.84. The fraction of sp³-hybridized carbons (Fsp3) is 0.615. The van der Waals surface area contributed by atoms with Crippen molar-refractivity contribution in [1.29, 1.82) is 0 Å². The van der Waals surface area contributed by atoms with Gasteiger partial charge in [-0.1, -0.05) is 26.8 Å². The van der Waals surface area contributed by atoms with Gasteiger partial charge in [-0.2, -0.15) is 0 Å². The summed E-state index contributed by atoms with van der Waals surface area (Å²) in [5, 5.41) is 1.17. The summed E-state index contributed by atoms with van der Waals surface area (Å²) < 4.78 is 6.65. The third-order valence-electron chi connectivity index (χ3n) is 6.24. The van der Waals surface area contributed by atoms with Gasteiger partial charge in [-0.05, 0) is 97.0 Å². The molecule has 1 amide bonds. The fourth-order valence-electron chi connectivity index (χ4n) is 4.18. The van der Waals surface area contributed by atoms with Gasteiger partial charge in [0.15, 0.2) is 0 Å². The van der Waals surface area contributed by atoms with E-state index in [1.807, 2.05) is 25.7 Å². The predicted octanol–water partition coefficient (Wildman–Crippen LogP) is 7.86. The molecule has 2 aromatic rings. The second-order valence-corrected chi connectivity index (χ2v) is 13.6. The van der Waals surface area contributed by atoms with Crippen LogP contribution < -0.4 is 0 Å². The Morgan fingerprint density at radius 1 is 1.03 bits per heavy atom. The molecule has 1 saturated carbocycles. The number of benzene rings is 1. The number of ether oxygens (including phenoxy) is 1. The Bertz CT molecular complexity index is 990. The van der Waals surface area contributed by atoms with Crippen LogP contribution in [0.4, 0.5) is 4.79 Å². The molecule has 1 aliphatic carbocycles. The molecule has 0 unspecified atom stereocenters. The second kappa shape index (κ2) is 8.75. The molecule has 1 saturated heterocycles. The van der Waals surface area contributed by atoms with Crippen LogP contribution in [0.3, 0.4) is 0 Å². The van der Waals surface area contributed by atoms with Crippen molar-refractivity contribution in [3.63, 3.8) is 0 Å². The van der Waals surface area contributed by atoms with E-state index < -0.39 is 5.60 Å². The number of carbonyl (C=O) groups is 1. The van der Waals surface area contributed by atoms with E-state index in [1.165, 1.54) is 34.5 Å². The lowest BCUT2D eigenvalue weighted by molar-refractivity contribution is 0.0205. The summed E-state index contributed by atoms with van der Waals surface area (Å²) >= 11 is 5.56. The zero-order valence-corrected chi connectivity index (χ0v) is 22.5. The molecule has 0 radical (unpaired) electrons. The van der Waals surface area contributed by atoms with Gasteiger partial charge >= 0.3 is 6.09 Å². The van der Waals surface area contributed by atoms with Crippen LogP contribution in [0.5, 0.6) is 0 Å². The molecule has 1 aliphatic heterocycles. The van der Waals surface area contributed by atoms with Gasteiger partial charge in [0, 0.05) is 24.6 Å². The molecule has 2 fully saturated rings. The van der Waals surface area contributed by atoms with Crippen molar-refractivity contribution < 1.29 is 9.53 Å². The lowest BCUT2D eigenvalue weighted by Crippen LogP contribution is -2.41. The summed E-state index contributed by atoms with van der Waals surface area (Å²) in [6.45, 7) is 14.0. The highest BCUT2D eigenvalue weighted by molar-refractivity contribution is 9.11. The van der Waals surface area contributed by atoms with Gasteiger partial charge in [0.25, 0.3) is 0 Å². The Morgan fingerprint density at radius 3 is 2.25 bits per heavy atom. The molecule has 2 aliphatic rings. The third-order valence-corrected chi connectivity index (χ3v) is 8.11. The first-order valence-corrected chi connectivity index (χ1v) is 13.3. The summed E-state index contributed by atoms with van der Waals surface area (Å²) in [7, 11) is 0. The maximum absolute atomic E-state index is 12.4. The van der Waals surface area contributed by atoms with Crippen molar-refractivity contribution in [2.75, 3.05) is 13.1 Å². The number of hydrogen-bond donors (Lipinski definition) is 0. The van der Waals surface area contributed by atoms with E-state index in [0.29, 0.717) is 11.8 Å². The van der Waals surface area contributed by atoms with Gasteiger partial charge in [-0.15, -0.1) is 11.3 Å². The topological polar surface area (TPSA) is 42.4 Å². The first kappa shape index (κ1) is 23.7. The molecule has 0 atom stereocenters. The molecular weight excluding hydrogens is 484 g/mol. The minimum atomic E-state index is -0.454. The first-order valence-electron chi connectivity index (χ1n) is 11.7. The Hall–Kier alpha value is -1.40. The Labute approximate surface area is 204 Å². The highest BCUT2D eigenvalue weighted by Gasteiger charge is 2.30. The van der Waals surface area contributed by atoms with Gasteiger partial charge in [0.05, 0.1) is 14.5 Å². The molecular formula is C26H35BrN2O2S. The van der Waals surface area contributed by atoms with Crippen LogP contribution >= 0.6 is 27.3 Å². The highest BCUT2D eigenvalue weighted by Crippen LogP contribution is 2.45. The van der Waals surface area contributed by atoms with E-state index in [2.05, 4.69) is 54.9 Å². The van der Waals surface area contributed by atoms with Gasteiger partial charge in [0.1, 0.15) is 5.60 Å². The van der Waals surface area contributed by atoms with Gasteiger partial charge < -0.3 is 9.64 Å². The molecule has 6 heteroatoms. The zero-order valence-electron chi connectivity index (χ0n) is 20.1. The molecule has 4 rings (SSSR count). The standard InChI is InChI=1S/C26H35BrN2O2S/c1-25(2,3)20-14-18(16-7-8-16)13-19(15-20)21-22(27)32-23(28-21)17-9-11-29(12-10-17)24(30)31-26(4,5)6/h13-17H,7-12H2,1-6H3. The molecule has 0 bridgehead atoms. The summed E-state index contributed by atoms with van der Waals surface area (Å²) in [6, 6.07) is 7.07. The molecule has 1 aromatic carbocycles. The number of halogens is 1. The molecule has 0 spiro atoms. The van der Waals surface area contributed by atoms with E-state index in [1.54, 1.807) is 11.3 Å². The van der Waals surface area contributed by atoms with Crippen molar-refractivity contribution in [1.82, 2.24) is 9.88 Å². The molecule has 174 valence electrons. The van der Waals surface area contributed by atoms with E-state index in [9.17, 15) is 4.79 Å². The normalized spacial score (nSPS) is 18.2. The first-order chi connectivity index (χ1) is 14.9. The maximum Gasteiger partial charge on any atom is 0.410 e. The van der Waals surface area contributed by atoms with E-state index in [4.69, 9.17) is 9.72 Å². The van der Waals surface area contributed by atoms with Gasteiger partial charge in [-0.3, -0.25) is 0 Å². The lowest BCUT2D eigenvalue weighted by Gasteiger charge is -2.32. The number of carbonyl (C=O) groups excluding carboxylic acids is 1. The van der Waals surface area contributed by atoms with Crippen LogP contribution in [0.15, 0.2) is 22.0 Å². The number of nitrogens with zero attached hydrogens (tertiary/aromatic N) is 2. The Morgan fingerprint density at radius 2 is 1.69 bits per heavy atom. The number of amides is 1. The van der Waals surface area contributed by atoms with E-state index >= 15 is 0 Å². The Balaban J connectivity index is 1.52. The quantitative estimate of drug-likeness (QED) is 0.415. The van der Waals surface area contributed by atoms with E-state index in [-0.39, 0.29) is 11.5 Å². The van der Waals surface area contributed by atoms with Crippen LogP contribution in [0.1, 0.15) is 95.2 Å². The second-order valence-electron chi connectivity index (χ2n) is 11.3. The minimum absolute atomic E-state index is 0.111. The SMILES string of the molecule is CC(C)(C)OC(=O)N1CCC(c2nc(-c3cc(C4CC4)cc(C(C)(C)C)c3)c(Br)s2)CC1. The summed E-state index contributed by atoms with van der Waals surface area (Å²) in [4.78, 5) is 19.3. The maximum atomic E-state index is 12.4. The predicted molar refractivity (Wildman–Crippen MR) is 136 cm³/mol. The molecule has 32 heavy (non-hydrogen) atoms. The van der Waals surface area contributed by atoms with Crippen LogP contribution in [0, 0.1) is 0 Å². The van der Waals surface area contributed by atoms with E-state index in [0.717, 1.165) is 35.4 Å². The summed E-state index contributed by atoms with van der Waals surface area (Å²) in [5.41, 5.74) is 4.78. The number of aromatic nitrogens is 1. The van der Waals surface area contributed by atoms with Crippen molar-refractivity contribution in [3.8, 4) is 11.3 Å². The smallest absolute Gasteiger partial charge is 0.410 e. The molecule has 2 heterocycles. The van der Waals surface area contributed by atoms with Crippen molar-refractivity contribution in [3.05, 3.63) is 38.1 Å². The Kier molecular flexibility index (Phi) is 6.49. The molecule has 1 aromatic heterocycles. The van der Waals surface area contributed by atoms with Gasteiger partial charge in [0.2, 0.25) is 0 Å². The molecule has 0 N–H and O–H groups in total. The van der Waals surface area contributed by atoms with Crippen LogP contribution in [0.2, 0.25) is 0 Å². The highest BCUT2D eigenvalue weighted by atomic mass is 79.9. The summed E-state index contributed by atoms with van der Waals surface area (Å²) in [6.07, 6.45) is 4.24. The average Bonchev–Trinajstić information content (AvgIpc) is 3.48. The number of likely N-dealkylation sites (tertiary alicyclic amines) is 1.